The Morgan fingerprint density at radius 1 is 1.47 bits per heavy atom. The van der Waals surface area contributed by atoms with Crippen molar-refractivity contribution in [3.05, 3.63) is 23.9 Å². The molecule has 0 aromatic carbocycles. The number of anilines is 1. The molecule has 0 spiro atoms. The third-order valence-electron chi connectivity index (χ3n) is 3.30. The lowest BCUT2D eigenvalue weighted by Crippen LogP contribution is -2.28. The van der Waals surface area contributed by atoms with Crippen molar-refractivity contribution in [3.8, 4) is 0 Å². The van der Waals surface area contributed by atoms with Gasteiger partial charge in [0.1, 0.15) is 11.5 Å². The number of nitrogens with one attached hydrogen (secondary N) is 2. The van der Waals surface area contributed by atoms with Gasteiger partial charge in [-0.15, -0.1) is 0 Å². The molecule has 0 saturated heterocycles. The number of rotatable bonds is 5. The minimum atomic E-state index is -0.0820. The lowest BCUT2D eigenvalue weighted by molar-refractivity contribution is 0.0944. The van der Waals surface area contributed by atoms with E-state index in [1.807, 2.05) is 12.1 Å². The van der Waals surface area contributed by atoms with Gasteiger partial charge in [0.15, 0.2) is 0 Å². The summed E-state index contributed by atoms with van der Waals surface area (Å²) in [6.07, 6.45) is 5.09. The average molecular weight is 233 g/mol. The van der Waals surface area contributed by atoms with Gasteiger partial charge < -0.3 is 10.6 Å². The summed E-state index contributed by atoms with van der Waals surface area (Å²) in [6.45, 7) is 0.759. The molecule has 2 N–H and O–H groups in total. The zero-order chi connectivity index (χ0) is 12.1. The largest absolute Gasteiger partial charge is 0.373 e. The molecule has 0 radical (unpaired) electrons. The molecule has 1 amide bonds. The van der Waals surface area contributed by atoms with Crippen LogP contribution in [0.3, 0.4) is 0 Å². The zero-order valence-corrected chi connectivity index (χ0v) is 10.2. The lowest BCUT2D eigenvalue weighted by atomic mass is 9.83. The van der Waals surface area contributed by atoms with E-state index in [4.69, 9.17) is 0 Å². The monoisotopic (exact) mass is 233 g/mol. The van der Waals surface area contributed by atoms with Crippen molar-refractivity contribution in [3.63, 3.8) is 0 Å². The summed E-state index contributed by atoms with van der Waals surface area (Å²) in [5.41, 5.74) is 0.477. The molecule has 1 fully saturated rings. The highest BCUT2D eigenvalue weighted by molar-refractivity contribution is 5.92. The van der Waals surface area contributed by atoms with Gasteiger partial charge in [0, 0.05) is 13.6 Å². The van der Waals surface area contributed by atoms with Crippen molar-refractivity contribution in [2.24, 2.45) is 5.92 Å². The Morgan fingerprint density at radius 3 is 2.94 bits per heavy atom. The molecule has 92 valence electrons. The van der Waals surface area contributed by atoms with Gasteiger partial charge >= 0.3 is 0 Å². The Hall–Kier alpha value is -1.58. The van der Waals surface area contributed by atoms with Crippen molar-refractivity contribution >= 4 is 11.7 Å². The third-order valence-corrected chi connectivity index (χ3v) is 3.30. The molecular formula is C13H19N3O. The number of pyridine rings is 1. The number of hydrogen-bond donors (Lipinski definition) is 2. The van der Waals surface area contributed by atoms with E-state index in [1.54, 1.807) is 13.1 Å². The van der Waals surface area contributed by atoms with Crippen molar-refractivity contribution in [2.75, 3.05) is 18.9 Å². The van der Waals surface area contributed by atoms with Crippen LogP contribution in [0.1, 0.15) is 36.2 Å². The fourth-order valence-corrected chi connectivity index (χ4v) is 1.96. The zero-order valence-electron chi connectivity index (χ0n) is 10.2. The van der Waals surface area contributed by atoms with Gasteiger partial charge in [0.05, 0.1) is 0 Å². The summed E-state index contributed by atoms with van der Waals surface area (Å²) in [5, 5.41) is 5.84. The smallest absolute Gasteiger partial charge is 0.269 e. The Balaban J connectivity index is 1.81. The molecule has 0 atom stereocenters. The van der Waals surface area contributed by atoms with E-state index in [-0.39, 0.29) is 5.91 Å². The SMILES string of the molecule is CNc1cccc(C(=O)NCCC2CCC2)n1. The fourth-order valence-electron chi connectivity index (χ4n) is 1.96. The maximum absolute atomic E-state index is 11.8. The molecule has 1 aliphatic rings. The molecule has 1 saturated carbocycles. The maximum atomic E-state index is 11.8. The normalized spacial score (nSPS) is 15.1. The highest BCUT2D eigenvalue weighted by Crippen LogP contribution is 2.28. The van der Waals surface area contributed by atoms with Crippen LogP contribution in [0.25, 0.3) is 0 Å². The van der Waals surface area contributed by atoms with E-state index in [9.17, 15) is 4.79 Å². The van der Waals surface area contributed by atoms with Crippen LogP contribution in [0.2, 0.25) is 0 Å². The number of nitrogens with zero attached hydrogens (tertiary/aromatic N) is 1. The topological polar surface area (TPSA) is 54.0 Å². The summed E-state index contributed by atoms with van der Waals surface area (Å²) >= 11 is 0. The number of hydrogen-bond acceptors (Lipinski definition) is 3. The van der Waals surface area contributed by atoms with Crippen LogP contribution in [0.4, 0.5) is 5.82 Å². The lowest BCUT2D eigenvalue weighted by Gasteiger charge is -2.25. The Bertz CT molecular complexity index is 388. The highest BCUT2D eigenvalue weighted by atomic mass is 16.1. The Labute approximate surface area is 102 Å². The second-order valence-electron chi connectivity index (χ2n) is 4.50. The molecule has 2 rings (SSSR count). The van der Waals surface area contributed by atoms with Crippen LogP contribution in [0, 0.1) is 5.92 Å². The second kappa shape index (κ2) is 5.66. The first-order chi connectivity index (χ1) is 8.29. The van der Waals surface area contributed by atoms with E-state index in [0.717, 1.165) is 24.7 Å². The maximum Gasteiger partial charge on any atom is 0.269 e. The third kappa shape index (κ3) is 3.19. The molecule has 1 aromatic heterocycles. The second-order valence-corrected chi connectivity index (χ2v) is 4.50. The van der Waals surface area contributed by atoms with Crippen LogP contribution < -0.4 is 10.6 Å². The summed E-state index contributed by atoms with van der Waals surface area (Å²) < 4.78 is 0. The number of amides is 1. The molecular weight excluding hydrogens is 214 g/mol. The van der Waals surface area contributed by atoms with Gasteiger partial charge in [-0.1, -0.05) is 25.3 Å². The van der Waals surface area contributed by atoms with Crippen molar-refractivity contribution < 1.29 is 4.79 Å². The first-order valence-electron chi connectivity index (χ1n) is 6.22. The van der Waals surface area contributed by atoms with Crippen LogP contribution in [-0.4, -0.2) is 24.5 Å². The van der Waals surface area contributed by atoms with E-state index < -0.39 is 0 Å². The van der Waals surface area contributed by atoms with E-state index in [2.05, 4.69) is 15.6 Å². The van der Waals surface area contributed by atoms with Gasteiger partial charge in [0.25, 0.3) is 5.91 Å². The predicted molar refractivity (Wildman–Crippen MR) is 68.1 cm³/mol. The molecule has 0 unspecified atom stereocenters. The first kappa shape index (κ1) is 11.9. The molecule has 0 bridgehead atoms. The van der Waals surface area contributed by atoms with Gasteiger partial charge in [-0.3, -0.25) is 4.79 Å². The summed E-state index contributed by atoms with van der Waals surface area (Å²) in [6, 6.07) is 5.41. The minimum Gasteiger partial charge on any atom is -0.373 e. The quantitative estimate of drug-likeness (QED) is 0.818. The molecule has 4 heteroatoms. The molecule has 0 aliphatic heterocycles. The van der Waals surface area contributed by atoms with Gasteiger partial charge in [-0.25, -0.2) is 4.98 Å². The molecule has 1 heterocycles. The molecule has 4 nitrogen and oxygen atoms in total. The van der Waals surface area contributed by atoms with E-state index >= 15 is 0 Å². The summed E-state index contributed by atoms with van der Waals surface area (Å²) in [4.78, 5) is 16.0. The van der Waals surface area contributed by atoms with Crippen LogP contribution in [-0.2, 0) is 0 Å². The van der Waals surface area contributed by atoms with Crippen molar-refractivity contribution in [2.45, 2.75) is 25.7 Å². The Morgan fingerprint density at radius 2 is 2.29 bits per heavy atom. The van der Waals surface area contributed by atoms with E-state index in [0.29, 0.717) is 5.69 Å². The average Bonchev–Trinajstić information content (AvgIpc) is 2.32. The number of carbonyl (C=O) groups excluding carboxylic acids is 1. The fraction of sp³-hybridized carbons (Fsp3) is 0.538. The van der Waals surface area contributed by atoms with Gasteiger partial charge in [-0.2, -0.15) is 0 Å². The van der Waals surface area contributed by atoms with Crippen molar-refractivity contribution in [1.29, 1.82) is 0 Å². The minimum absolute atomic E-state index is 0.0820. The van der Waals surface area contributed by atoms with Crippen LogP contribution in [0.15, 0.2) is 18.2 Å². The highest BCUT2D eigenvalue weighted by Gasteiger charge is 2.17. The van der Waals surface area contributed by atoms with Crippen LogP contribution in [0.5, 0.6) is 0 Å². The van der Waals surface area contributed by atoms with Gasteiger partial charge in [-0.05, 0) is 24.5 Å². The number of aromatic nitrogens is 1. The summed E-state index contributed by atoms with van der Waals surface area (Å²) in [7, 11) is 1.79. The first-order valence-corrected chi connectivity index (χ1v) is 6.22. The molecule has 1 aromatic rings. The standard InChI is InChI=1S/C13H19N3O/c1-14-12-7-3-6-11(16-12)13(17)15-9-8-10-4-2-5-10/h3,6-7,10H,2,4-5,8-9H2,1H3,(H,14,16)(H,15,17). The Kier molecular flexibility index (Phi) is 3.96. The number of carbonyl (C=O) groups is 1. The summed E-state index contributed by atoms with van der Waals surface area (Å²) in [5.74, 6) is 1.46. The molecule has 17 heavy (non-hydrogen) atoms. The van der Waals surface area contributed by atoms with E-state index in [1.165, 1.54) is 19.3 Å². The van der Waals surface area contributed by atoms with Gasteiger partial charge in [0.2, 0.25) is 0 Å². The predicted octanol–water partition coefficient (Wildman–Crippen LogP) is 2.04. The molecule has 1 aliphatic carbocycles. The van der Waals surface area contributed by atoms with Crippen molar-refractivity contribution in [1.82, 2.24) is 10.3 Å². The van der Waals surface area contributed by atoms with Crippen LogP contribution >= 0.6 is 0 Å².